The van der Waals surface area contributed by atoms with E-state index in [9.17, 15) is 5.11 Å². The van der Waals surface area contributed by atoms with Crippen LogP contribution in [-0.4, -0.2) is 70.4 Å². The summed E-state index contributed by atoms with van der Waals surface area (Å²) in [5.41, 5.74) is 3.25. The Kier molecular flexibility index (Phi) is 16.6. The van der Waals surface area contributed by atoms with Gasteiger partial charge < -0.3 is 38.0 Å². The number of hydrogen-bond donors (Lipinski definition) is 1. The average Bonchev–Trinajstić information content (AvgIpc) is 3.35. The van der Waals surface area contributed by atoms with Gasteiger partial charge in [-0.05, 0) is 72.5 Å². The summed E-state index contributed by atoms with van der Waals surface area (Å²) in [6, 6.07) is 28.3. The molecular formula is C47H66O8Si. The minimum Gasteiger partial charge on any atom is -0.497 e. The predicted octanol–water partition coefficient (Wildman–Crippen LogP) is 9.66. The van der Waals surface area contributed by atoms with E-state index in [4.69, 9.17) is 32.8 Å². The third kappa shape index (κ3) is 13.0. The first-order chi connectivity index (χ1) is 26.8. The molecule has 2 saturated heterocycles. The maximum atomic E-state index is 11.4. The number of benzene rings is 3. The van der Waals surface area contributed by atoms with Crippen molar-refractivity contribution in [2.75, 3.05) is 20.3 Å². The third-order valence-corrected chi connectivity index (χ3v) is 16.2. The lowest BCUT2D eigenvalue weighted by Gasteiger charge is -2.41. The first kappa shape index (κ1) is 44.1. The van der Waals surface area contributed by atoms with Gasteiger partial charge in [0.1, 0.15) is 18.0 Å². The van der Waals surface area contributed by atoms with E-state index in [0.717, 1.165) is 36.1 Å². The highest BCUT2D eigenvalue weighted by atomic mass is 28.4. The van der Waals surface area contributed by atoms with Crippen LogP contribution >= 0.6 is 0 Å². The number of ether oxygens (including phenoxy) is 6. The molecule has 3 aromatic carbocycles. The number of hydrogen-bond acceptors (Lipinski definition) is 8. The molecule has 0 spiro atoms. The van der Waals surface area contributed by atoms with Crippen molar-refractivity contribution in [2.45, 2.75) is 141 Å². The Labute approximate surface area is 337 Å². The van der Waals surface area contributed by atoms with Crippen molar-refractivity contribution >= 4 is 8.32 Å². The lowest BCUT2D eigenvalue weighted by atomic mass is 9.89. The van der Waals surface area contributed by atoms with Crippen molar-refractivity contribution in [3.05, 3.63) is 102 Å². The van der Waals surface area contributed by atoms with Gasteiger partial charge >= 0.3 is 0 Å². The van der Waals surface area contributed by atoms with Crippen molar-refractivity contribution in [3.8, 4) is 17.6 Å². The molecule has 2 aliphatic rings. The lowest BCUT2D eigenvalue weighted by molar-refractivity contribution is -0.271. The van der Waals surface area contributed by atoms with Gasteiger partial charge in [-0.1, -0.05) is 113 Å². The Balaban J connectivity index is 1.23. The smallest absolute Gasteiger partial charge is 0.192 e. The van der Waals surface area contributed by atoms with Crippen LogP contribution in [0.2, 0.25) is 18.1 Å². The molecule has 1 N–H and O–H groups in total. The highest BCUT2D eigenvalue weighted by Gasteiger charge is 2.45. The van der Waals surface area contributed by atoms with Crippen molar-refractivity contribution in [2.24, 2.45) is 11.8 Å². The van der Waals surface area contributed by atoms with Gasteiger partial charge in [0.2, 0.25) is 0 Å². The van der Waals surface area contributed by atoms with E-state index < -0.39 is 20.7 Å². The van der Waals surface area contributed by atoms with E-state index >= 15 is 0 Å². The zero-order valence-corrected chi connectivity index (χ0v) is 35.9. The zero-order valence-electron chi connectivity index (χ0n) is 34.9. The summed E-state index contributed by atoms with van der Waals surface area (Å²) >= 11 is 0. The maximum absolute atomic E-state index is 11.4. The fourth-order valence-electron chi connectivity index (χ4n) is 7.20. The van der Waals surface area contributed by atoms with Crippen molar-refractivity contribution in [3.63, 3.8) is 0 Å². The van der Waals surface area contributed by atoms with Crippen LogP contribution in [0.1, 0.15) is 89.7 Å². The molecule has 56 heavy (non-hydrogen) atoms. The number of rotatable bonds is 17. The molecule has 9 atom stereocenters. The quantitative estimate of drug-likeness (QED) is 0.0823. The minimum absolute atomic E-state index is 0.0281. The Bertz CT molecular complexity index is 1630. The second kappa shape index (κ2) is 21.1. The first-order valence-electron chi connectivity index (χ1n) is 20.5. The van der Waals surface area contributed by atoms with Gasteiger partial charge in [0.15, 0.2) is 14.6 Å². The number of aliphatic hydroxyl groups excluding tert-OH is 1. The van der Waals surface area contributed by atoms with E-state index in [1.54, 1.807) is 7.11 Å². The van der Waals surface area contributed by atoms with Crippen LogP contribution in [0.25, 0.3) is 0 Å². The van der Waals surface area contributed by atoms with Gasteiger partial charge in [0.25, 0.3) is 0 Å². The first-order valence-corrected chi connectivity index (χ1v) is 23.4. The molecule has 2 fully saturated rings. The van der Waals surface area contributed by atoms with Crippen LogP contribution in [0.3, 0.4) is 0 Å². The van der Waals surface area contributed by atoms with Crippen LogP contribution in [0.15, 0.2) is 84.9 Å². The number of methoxy groups -OCH3 is 1. The van der Waals surface area contributed by atoms with Crippen LogP contribution < -0.4 is 4.74 Å². The molecule has 0 amide bonds. The van der Waals surface area contributed by atoms with Crippen LogP contribution in [0.5, 0.6) is 5.75 Å². The standard InChI is InChI=1S/C47H66O8Si/c1-34(45(51-32-37-22-24-40(49-6)25-23-37)35(2)28-29-50-31-36-17-11-9-12-18-36)16-15-21-39(48)30-43-42(55-56(7,8)47(3,4)5)27-26-41-44(53-43)33-52-46(54-41)38-19-13-10-14-20-38/h9-14,17-20,22-25,34-35,39,41-46,48H,16,26-33H2,1-8H3/t34-,35+,39-,41+,42-,43+,44-,45+,46-/m1/s1. The molecule has 0 radical (unpaired) electrons. The topological polar surface area (TPSA) is 84.8 Å². The molecule has 8 nitrogen and oxygen atoms in total. The molecule has 9 heteroatoms. The summed E-state index contributed by atoms with van der Waals surface area (Å²) in [5.74, 6) is 7.67. The highest BCUT2D eigenvalue weighted by Crippen LogP contribution is 2.41. The van der Waals surface area contributed by atoms with Crippen molar-refractivity contribution in [1.29, 1.82) is 0 Å². The molecular weight excluding hydrogens is 721 g/mol. The summed E-state index contributed by atoms with van der Waals surface area (Å²) in [5, 5.41) is 11.5. The van der Waals surface area contributed by atoms with Crippen LogP contribution in [0.4, 0.5) is 0 Å². The molecule has 0 aromatic heterocycles. The lowest BCUT2D eigenvalue weighted by Crippen LogP contribution is -2.48. The molecule has 5 rings (SSSR count). The summed E-state index contributed by atoms with van der Waals surface area (Å²) < 4.78 is 44.5. The summed E-state index contributed by atoms with van der Waals surface area (Å²) in [6.45, 7) is 17.8. The maximum Gasteiger partial charge on any atom is 0.192 e. The van der Waals surface area contributed by atoms with Crippen molar-refractivity contribution < 1.29 is 38.0 Å². The molecule has 2 aliphatic heterocycles. The SMILES string of the molecule is COc1ccc(CO[C@@H]([C@H](C)CC#C[C@@H](O)C[C@@H]2O[C@@H]3CO[C@@H](c4ccccc4)O[C@H]3CC[C@H]2O[Si](C)(C)C(C)(C)C)[C@@H](C)CCOCc2ccccc2)cc1. The fraction of sp³-hybridized carbons (Fsp3) is 0.574. The van der Waals surface area contributed by atoms with E-state index in [1.807, 2.05) is 72.8 Å². The fourth-order valence-corrected chi connectivity index (χ4v) is 8.58. The van der Waals surface area contributed by atoms with Gasteiger partial charge in [0.05, 0.1) is 51.3 Å². The van der Waals surface area contributed by atoms with Gasteiger partial charge in [-0.15, -0.1) is 5.92 Å². The Morgan fingerprint density at radius 1 is 0.839 bits per heavy atom. The minimum atomic E-state index is -2.15. The number of aliphatic hydroxyl groups is 1. The van der Waals surface area contributed by atoms with E-state index in [2.05, 4.69) is 71.7 Å². The van der Waals surface area contributed by atoms with Crippen LogP contribution in [0, 0.1) is 23.7 Å². The molecule has 0 saturated carbocycles. The molecule has 0 bridgehead atoms. The zero-order chi connectivity index (χ0) is 40.1. The summed E-state index contributed by atoms with van der Waals surface area (Å²) in [6.07, 6.45) is 1.08. The average molecular weight is 787 g/mol. The molecule has 0 aliphatic carbocycles. The second-order valence-electron chi connectivity index (χ2n) is 17.1. The Morgan fingerprint density at radius 2 is 1.52 bits per heavy atom. The number of fused-ring (bicyclic) bond motifs is 1. The highest BCUT2D eigenvalue weighted by molar-refractivity contribution is 6.74. The predicted molar refractivity (Wildman–Crippen MR) is 224 cm³/mol. The van der Waals surface area contributed by atoms with Crippen LogP contribution in [-0.2, 0) is 41.3 Å². The summed E-state index contributed by atoms with van der Waals surface area (Å²) in [7, 11) is -0.481. The van der Waals surface area contributed by atoms with Gasteiger partial charge in [0, 0.05) is 25.0 Å². The van der Waals surface area contributed by atoms with Gasteiger partial charge in [-0.2, -0.15) is 0 Å². The third-order valence-electron chi connectivity index (χ3n) is 11.6. The normalized spacial score (nSPS) is 23.8. The molecule has 3 aromatic rings. The second-order valence-corrected chi connectivity index (χ2v) is 21.9. The van der Waals surface area contributed by atoms with E-state index in [0.29, 0.717) is 39.3 Å². The van der Waals surface area contributed by atoms with E-state index in [-0.39, 0.29) is 47.4 Å². The Morgan fingerprint density at radius 3 is 2.20 bits per heavy atom. The molecule has 306 valence electrons. The molecule has 2 heterocycles. The monoisotopic (exact) mass is 786 g/mol. The van der Waals surface area contributed by atoms with Gasteiger partial charge in [-0.3, -0.25) is 0 Å². The molecule has 0 unspecified atom stereocenters. The van der Waals surface area contributed by atoms with Crippen molar-refractivity contribution in [1.82, 2.24) is 0 Å². The summed E-state index contributed by atoms with van der Waals surface area (Å²) in [4.78, 5) is 0. The Hall–Kier alpha value is -3.04. The van der Waals surface area contributed by atoms with Gasteiger partial charge in [-0.25, -0.2) is 0 Å². The largest absolute Gasteiger partial charge is 0.497 e. The van der Waals surface area contributed by atoms with E-state index in [1.165, 1.54) is 5.56 Å².